The summed E-state index contributed by atoms with van der Waals surface area (Å²) < 4.78 is 1.94. The zero-order chi connectivity index (χ0) is 12.4. The van der Waals surface area contributed by atoms with Crippen molar-refractivity contribution in [2.75, 3.05) is 0 Å². The molecule has 0 amide bonds. The molecular weight excluding hydrogens is 259 g/mol. The van der Waals surface area contributed by atoms with Crippen LogP contribution in [-0.2, 0) is 6.54 Å². The van der Waals surface area contributed by atoms with Crippen molar-refractivity contribution in [3.05, 3.63) is 46.2 Å². The number of aryl methyl sites for hydroxylation is 1. The third-order valence-electron chi connectivity index (χ3n) is 2.47. The minimum atomic E-state index is -0.437. The van der Waals surface area contributed by atoms with Gasteiger partial charge in [0.2, 0.25) is 0 Å². The van der Waals surface area contributed by atoms with Crippen LogP contribution >= 0.6 is 23.2 Å². The Labute approximate surface area is 109 Å². The van der Waals surface area contributed by atoms with E-state index in [1.165, 1.54) is 6.20 Å². The Morgan fingerprint density at radius 3 is 2.76 bits per heavy atom. The lowest BCUT2D eigenvalue weighted by Crippen LogP contribution is -2.14. The van der Waals surface area contributed by atoms with Gasteiger partial charge in [0.25, 0.3) is 0 Å². The highest BCUT2D eigenvalue weighted by Gasteiger charge is 2.16. The molecule has 0 saturated carbocycles. The fourth-order valence-electron chi connectivity index (χ4n) is 1.51. The SMILES string of the molecule is CCn1cnc(C(N)c2ncc(Cl)cc2Cl)c1. The molecule has 0 aliphatic heterocycles. The molecule has 2 aromatic heterocycles. The maximum atomic E-state index is 6.07. The van der Waals surface area contributed by atoms with Gasteiger partial charge in [-0.25, -0.2) is 4.98 Å². The number of imidazole rings is 1. The molecule has 0 aliphatic carbocycles. The smallest absolute Gasteiger partial charge is 0.0950 e. The van der Waals surface area contributed by atoms with E-state index >= 15 is 0 Å². The summed E-state index contributed by atoms with van der Waals surface area (Å²) in [7, 11) is 0. The molecule has 1 atom stereocenters. The van der Waals surface area contributed by atoms with Gasteiger partial charge in [0.15, 0.2) is 0 Å². The van der Waals surface area contributed by atoms with Crippen LogP contribution in [0.2, 0.25) is 10.0 Å². The number of nitrogens with zero attached hydrogens (tertiary/aromatic N) is 3. The van der Waals surface area contributed by atoms with Gasteiger partial charge in [-0.2, -0.15) is 0 Å². The predicted octanol–water partition coefficient (Wildman–Crippen LogP) is 2.65. The van der Waals surface area contributed by atoms with Crippen LogP contribution in [0.4, 0.5) is 0 Å². The van der Waals surface area contributed by atoms with Crippen molar-refractivity contribution in [2.24, 2.45) is 5.73 Å². The Hall–Kier alpha value is -1.10. The minimum Gasteiger partial charge on any atom is -0.337 e. The number of halogens is 2. The first-order valence-corrected chi connectivity index (χ1v) is 5.95. The van der Waals surface area contributed by atoms with Crippen molar-refractivity contribution in [3.8, 4) is 0 Å². The topological polar surface area (TPSA) is 56.7 Å². The van der Waals surface area contributed by atoms with Crippen LogP contribution in [-0.4, -0.2) is 14.5 Å². The van der Waals surface area contributed by atoms with Gasteiger partial charge >= 0.3 is 0 Å². The molecule has 4 nitrogen and oxygen atoms in total. The molecule has 0 radical (unpaired) electrons. The van der Waals surface area contributed by atoms with Crippen LogP contribution in [0.25, 0.3) is 0 Å². The molecule has 0 spiro atoms. The van der Waals surface area contributed by atoms with Crippen LogP contribution in [0.15, 0.2) is 24.8 Å². The van der Waals surface area contributed by atoms with E-state index in [9.17, 15) is 0 Å². The largest absolute Gasteiger partial charge is 0.337 e. The number of rotatable bonds is 3. The molecule has 17 heavy (non-hydrogen) atoms. The van der Waals surface area contributed by atoms with E-state index in [0.717, 1.165) is 12.2 Å². The van der Waals surface area contributed by atoms with E-state index < -0.39 is 6.04 Å². The fourth-order valence-corrected chi connectivity index (χ4v) is 2.00. The molecular formula is C11H12Cl2N4. The van der Waals surface area contributed by atoms with E-state index in [4.69, 9.17) is 28.9 Å². The first kappa shape index (κ1) is 12.4. The van der Waals surface area contributed by atoms with E-state index in [1.54, 1.807) is 12.4 Å². The van der Waals surface area contributed by atoms with Crippen LogP contribution < -0.4 is 5.73 Å². The van der Waals surface area contributed by atoms with Gasteiger partial charge < -0.3 is 10.3 Å². The highest BCUT2D eigenvalue weighted by molar-refractivity contribution is 6.34. The van der Waals surface area contributed by atoms with Gasteiger partial charge in [-0.15, -0.1) is 0 Å². The second-order valence-electron chi connectivity index (χ2n) is 3.63. The standard InChI is InChI=1S/C11H12Cl2N4/c1-2-17-5-9(16-6-17)10(14)11-8(13)3-7(12)4-15-11/h3-6,10H,2,14H2,1H3. The van der Waals surface area contributed by atoms with E-state index in [0.29, 0.717) is 15.7 Å². The molecule has 2 rings (SSSR count). The quantitative estimate of drug-likeness (QED) is 0.933. The molecule has 2 N–H and O–H groups in total. The van der Waals surface area contributed by atoms with Crippen molar-refractivity contribution in [2.45, 2.75) is 19.5 Å². The Balaban J connectivity index is 2.33. The lowest BCUT2D eigenvalue weighted by atomic mass is 10.1. The summed E-state index contributed by atoms with van der Waals surface area (Å²) in [5.74, 6) is 0. The van der Waals surface area contributed by atoms with Gasteiger partial charge in [0.05, 0.1) is 33.8 Å². The van der Waals surface area contributed by atoms with Gasteiger partial charge in [0, 0.05) is 18.9 Å². The predicted molar refractivity (Wildman–Crippen MR) is 68.2 cm³/mol. The zero-order valence-corrected chi connectivity index (χ0v) is 10.8. The second kappa shape index (κ2) is 5.04. The molecule has 0 saturated heterocycles. The average Bonchev–Trinajstić information content (AvgIpc) is 2.76. The van der Waals surface area contributed by atoms with Crippen molar-refractivity contribution in [3.63, 3.8) is 0 Å². The van der Waals surface area contributed by atoms with Gasteiger partial charge in [0.1, 0.15) is 0 Å². The Morgan fingerprint density at radius 1 is 1.41 bits per heavy atom. The number of aromatic nitrogens is 3. The first-order valence-electron chi connectivity index (χ1n) is 5.20. The monoisotopic (exact) mass is 270 g/mol. The summed E-state index contributed by atoms with van der Waals surface area (Å²) >= 11 is 11.8. The number of nitrogens with two attached hydrogens (primary N) is 1. The van der Waals surface area contributed by atoms with Crippen molar-refractivity contribution < 1.29 is 0 Å². The van der Waals surface area contributed by atoms with Crippen LogP contribution in [0, 0.1) is 0 Å². The lowest BCUT2D eigenvalue weighted by Gasteiger charge is -2.10. The zero-order valence-electron chi connectivity index (χ0n) is 9.27. The summed E-state index contributed by atoms with van der Waals surface area (Å²) in [5.41, 5.74) is 7.39. The summed E-state index contributed by atoms with van der Waals surface area (Å²) in [6.45, 7) is 2.88. The van der Waals surface area contributed by atoms with Crippen LogP contribution in [0.5, 0.6) is 0 Å². The molecule has 0 bridgehead atoms. The van der Waals surface area contributed by atoms with Crippen LogP contribution in [0.3, 0.4) is 0 Å². The van der Waals surface area contributed by atoms with Gasteiger partial charge in [-0.1, -0.05) is 23.2 Å². The third kappa shape index (κ3) is 2.60. The first-order chi connectivity index (χ1) is 8.11. The summed E-state index contributed by atoms with van der Waals surface area (Å²) in [4.78, 5) is 8.38. The average molecular weight is 271 g/mol. The number of hydrogen-bond acceptors (Lipinski definition) is 3. The lowest BCUT2D eigenvalue weighted by molar-refractivity contribution is 0.755. The van der Waals surface area contributed by atoms with E-state index in [-0.39, 0.29) is 0 Å². The van der Waals surface area contributed by atoms with Gasteiger partial charge in [-0.3, -0.25) is 4.98 Å². The maximum absolute atomic E-state index is 6.07. The molecule has 0 aromatic carbocycles. The molecule has 2 heterocycles. The number of hydrogen-bond donors (Lipinski definition) is 1. The maximum Gasteiger partial charge on any atom is 0.0950 e. The van der Waals surface area contributed by atoms with Crippen molar-refractivity contribution >= 4 is 23.2 Å². The molecule has 1 unspecified atom stereocenters. The van der Waals surface area contributed by atoms with Crippen molar-refractivity contribution in [1.82, 2.24) is 14.5 Å². The second-order valence-corrected chi connectivity index (χ2v) is 4.47. The molecule has 2 aromatic rings. The summed E-state index contributed by atoms with van der Waals surface area (Å²) in [5, 5.41) is 0.945. The fraction of sp³-hybridized carbons (Fsp3) is 0.273. The summed E-state index contributed by atoms with van der Waals surface area (Å²) in [6, 6.07) is 1.19. The van der Waals surface area contributed by atoms with Gasteiger partial charge in [-0.05, 0) is 13.0 Å². The van der Waals surface area contributed by atoms with Crippen LogP contribution in [0.1, 0.15) is 24.4 Å². The highest BCUT2D eigenvalue weighted by Crippen LogP contribution is 2.25. The molecule has 0 fully saturated rings. The third-order valence-corrected chi connectivity index (χ3v) is 2.98. The minimum absolute atomic E-state index is 0.437. The van der Waals surface area contributed by atoms with Crippen molar-refractivity contribution in [1.29, 1.82) is 0 Å². The van der Waals surface area contributed by atoms with E-state index in [1.807, 2.05) is 17.7 Å². The Kier molecular flexibility index (Phi) is 3.66. The number of pyridine rings is 1. The molecule has 90 valence electrons. The highest BCUT2D eigenvalue weighted by atomic mass is 35.5. The molecule has 0 aliphatic rings. The molecule has 6 heteroatoms. The Bertz CT molecular complexity index is 524. The summed E-state index contributed by atoms with van der Waals surface area (Å²) in [6.07, 6.45) is 5.15. The normalized spacial score (nSPS) is 12.7. The van der Waals surface area contributed by atoms with E-state index in [2.05, 4.69) is 9.97 Å². The Morgan fingerprint density at radius 2 is 2.18 bits per heavy atom.